The van der Waals surface area contributed by atoms with Crippen LogP contribution < -0.4 is 5.32 Å². The van der Waals surface area contributed by atoms with Gasteiger partial charge in [0.05, 0.1) is 15.1 Å². The molecular formula is C20H26BrClN4O2. The van der Waals surface area contributed by atoms with Crippen molar-refractivity contribution in [2.45, 2.75) is 56.7 Å². The second-order valence-corrected chi connectivity index (χ2v) is 9.59. The van der Waals surface area contributed by atoms with Gasteiger partial charge in [0.15, 0.2) is 0 Å². The Morgan fingerprint density at radius 1 is 1.14 bits per heavy atom. The van der Waals surface area contributed by atoms with Gasteiger partial charge in [-0.2, -0.15) is 0 Å². The Hall–Kier alpha value is -1.18. The van der Waals surface area contributed by atoms with Crippen molar-refractivity contribution in [3.63, 3.8) is 0 Å². The van der Waals surface area contributed by atoms with E-state index >= 15 is 0 Å². The van der Waals surface area contributed by atoms with Gasteiger partial charge in [0.1, 0.15) is 0 Å². The number of hydrogen-bond acceptors (Lipinski definition) is 4. The number of likely N-dealkylation sites (tertiary alicyclic amines) is 1. The quantitative estimate of drug-likeness (QED) is 0.739. The molecule has 3 fully saturated rings. The summed E-state index contributed by atoms with van der Waals surface area (Å²) in [5, 5.41) is 3.47. The molecule has 0 saturated carbocycles. The minimum Gasteiger partial charge on any atom is -0.349 e. The molecule has 3 aliphatic heterocycles. The Balaban J connectivity index is 1.40. The van der Waals surface area contributed by atoms with E-state index < -0.39 is 0 Å². The largest absolute Gasteiger partial charge is 0.349 e. The molecule has 2 bridgehead atoms. The molecule has 3 atom stereocenters. The van der Waals surface area contributed by atoms with Crippen LogP contribution in [0.1, 0.15) is 48.9 Å². The molecule has 0 aromatic carbocycles. The molecule has 1 N–H and O–H groups in total. The first kappa shape index (κ1) is 20.1. The molecule has 1 unspecified atom stereocenters. The lowest BCUT2D eigenvalue weighted by molar-refractivity contribution is -0.141. The van der Waals surface area contributed by atoms with E-state index in [0.29, 0.717) is 21.0 Å². The van der Waals surface area contributed by atoms with E-state index in [2.05, 4.69) is 43.1 Å². The van der Waals surface area contributed by atoms with E-state index in [-0.39, 0.29) is 30.0 Å². The highest BCUT2D eigenvalue weighted by Gasteiger charge is 2.45. The lowest BCUT2D eigenvalue weighted by atomic mass is 9.91. The van der Waals surface area contributed by atoms with Crippen molar-refractivity contribution < 1.29 is 9.59 Å². The van der Waals surface area contributed by atoms with Crippen LogP contribution in [0.4, 0.5) is 0 Å². The lowest BCUT2D eigenvalue weighted by Crippen LogP contribution is -2.54. The Labute approximate surface area is 179 Å². The highest BCUT2D eigenvalue weighted by molar-refractivity contribution is 9.10. The molecule has 2 amide bonds. The fourth-order valence-electron chi connectivity index (χ4n) is 5.01. The molecule has 0 aliphatic carbocycles. The van der Waals surface area contributed by atoms with Crippen molar-refractivity contribution in [3.8, 4) is 0 Å². The number of nitrogens with one attached hydrogen (secondary N) is 1. The van der Waals surface area contributed by atoms with E-state index in [1.807, 2.05) is 0 Å². The zero-order valence-corrected chi connectivity index (χ0v) is 18.4. The average molecular weight is 470 g/mol. The van der Waals surface area contributed by atoms with Crippen LogP contribution in [-0.4, -0.2) is 64.9 Å². The van der Waals surface area contributed by atoms with Crippen molar-refractivity contribution >= 4 is 39.3 Å². The van der Waals surface area contributed by atoms with Gasteiger partial charge in [-0.1, -0.05) is 11.6 Å². The summed E-state index contributed by atoms with van der Waals surface area (Å²) in [6.07, 6.45) is 8.69. The van der Waals surface area contributed by atoms with Gasteiger partial charge < -0.3 is 15.1 Å². The molecular weight excluding hydrogens is 444 g/mol. The second kappa shape index (κ2) is 8.28. The van der Waals surface area contributed by atoms with Crippen molar-refractivity contribution in [3.05, 3.63) is 27.5 Å². The van der Waals surface area contributed by atoms with Gasteiger partial charge in [-0.3, -0.25) is 14.6 Å². The van der Waals surface area contributed by atoms with Crippen LogP contribution in [0.3, 0.4) is 0 Å². The highest BCUT2D eigenvalue weighted by Crippen LogP contribution is 2.38. The first-order chi connectivity index (χ1) is 13.4. The molecule has 152 valence electrons. The number of pyridine rings is 1. The predicted octanol–water partition coefficient (Wildman–Crippen LogP) is 3.09. The van der Waals surface area contributed by atoms with Gasteiger partial charge in [0, 0.05) is 36.4 Å². The summed E-state index contributed by atoms with van der Waals surface area (Å²) in [5.41, 5.74) is 0.425. The zero-order chi connectivity index (χ0) is 19.8. The maximum Gasteiger partial charge on any atom is 0.254 e. The first-order valence-electron chi connectivity index (χ1n) is 10.0. The molecule has 4 rings (SSSR count). The van der Waals surface area contributed by atoms with Gasteiger partial charge >= 0.3 is 0 Å². The van der Waals surface area contributed by atoms with Crippen molar-refractivity contribution in [2.75, 3.05) is 20.1 Å². The number of rotatable bonds is 3. The summed E-state index contributed by atoms with van der Waals surface area (Å²) < 4.78 is 0.593. The number of hydrogen-bond donors (Lipinski definition) is 1. The molecule has 8 heteroatoms. The number of nitrogens with zero attached hydrogens (tertiary/aromatic N) is 3. The number of piperidine rings is 2. The van der Waals surface area contributed by atoms with E-state index in [1.54, 1.807) is 6.20 Å². The summed E-state index contributed by atoms with van der Waals surface area (Å²) in [5.74, 6) is 0.320. The Kier molecular flexibility index (Phi) is 5.95. The summed E-state index contributed by atoms with van der Waals surface area (Å²) >= 11 is 9.52. The number of carbonyl (C=O) groups excluding carboxylic acids is 2. The molecule has 1 aromatic heterocycles. The third-order valence-corrected chi connectivity index (χ3v) is 7.36. The van der Waals surface area contributed by atoms with Crippen molar-refractivity contribution in [1.29, 1.82) is 0 Å². The molecule has 28 heavy (non-hydrogen) atoms. The lowest BCUT2D eigenvalue weighted by Gasteiger charge is -2.42. The first-order valence-corrected chi connectivity index (χ1v) is 11.2. The Morgan fingerprint density at radius 2 is 1.79 bits per heavy atom. The van der Waals surface area contributed by atoms with Crippen LogP contribution >= 0.6 is 27.5 Å². The summed E-state index contributed by atoms with van der Waals surface area (Å²) in [4.78, 5) is 34.3. The third-order valence-electron chi connectivity index (χ3n) is 6.47. The minimum atomic E-state index is -0.182. The van der Waals surface area contributed by atoms with Gasteiger partial charge in [0.2, 0.25) is 5.91 Å². The summed E-state index contributed by atoms with van der Waals surface area (Å²) in [6, 6.07) is 0.558. The van der Waals surface area contributed by atoms with Gasteiger partial charge in [-0.25, -0.2) is 0 Å². The molecule has 3 aliphatic rings. The normalized spacial score (nSPS) is 28.4. The fraction of sp³-hybridized carbons (Fsp3) is 0.650. The van der Waals surface area contributed by atoms with Crippen LogP contribution in [-0.2, 0) is 4.79 Å². The van der Waals surface area contributed by atoms with Crippen molar-refractivity contribution in [2.24, 2.45) is 5.92 Å². The molecule has 6 nitrogen and oxygen atoms in total. The molecule has 0 spiro atoms. The second-order valence-electron chi connectivity index (χ2n) is 8.33. The average Bonchev–Trinajstić information content (AvgIpc) is 2.92. The number of carbonyl (C=O) groups is 2. The maximum absolute atomic E-state index is 13.1. The smallest absolute Gasteiger partial charge is 0.254 e. The van der Waals surface area contributed by atoms with E-state index in [1.165, 1.54) is 6.20 Å². The van der Waals surface area contributed by atoms with Gasteiger partial charge in [-0.15, -0.1) is 0 Å². The molecule has 1 aromatic rings. The predicted molar refractivity (Wildman–Crippen MR) is 111 cm³/mol. The van der Waals surface area contributed by atoms with E-state index in [4.69, 9.17) is 11.6 Å². The fourth-order valence-corrected chi connectivity index (χ4v) is 5.88. The summed E-state index contributed by atoms with van der Waals surface area (Å²) in [6.45, 7) is 2.00. The summed E-state index contributed by atoms with van der Waals surface area (Å²) in [7, 11) is 2.12. The highest BCUT2D eigenvalue weighted by atomic mass is 79.9. The van der Waals surface area contributed by atoms with Crippen LogP contribution in [0.5, 0.6) is 0 Å². The van der Waals surface area contributed by atoms with Gasteiger partial charge in [0.25, 0.3) is 5.91 Å². The molecule has 3 saturated heterocycles. The van der Waals surface area contributed by atoms with Crippen LogP contribution in [0.2, 0.25) is 5.02 Å². The van der Waals surface area contributed by atoms with Gasteiger partial charge in [-0.05, 0) is 74.6 Å². The van der Waals surface area contributed by atoms with Crippen LogP contribution in [0.15, 0.2) is 16.9 Å². The van der Waals surface area contributed by atoms with Crippen LogP contribution in [0.25, 0.3) is 0 Å². The number of halogens is 2. The number of amides is 2. The monoisotopic (exact) mass is 468 g/mol. The zero-order valence-electron chi connectivity index (χ0n) is 16.0. The standard InChI is InChI=1S/C20H26BrClN4O2/c1-25-6-4-12(5-7-25)20(28)26-14-2-3-15(26)9-13(8-14)24-19(27)18-16(21)10-23-11-17(18)22/h10-15H,2-9H2,1H3,(H,24,27)/t13?,14-,15+. The van der Waals surface area contributed by atoms with Crippen molar-refractivity contribution in [1.82, 2.24) is 20.1 Å². The Bertz CT molecular complexity index is 734. The topological polar surface area (TPSA) is 65.5 Å². The minimum absolute atomic E-state index is 0.0719. The molecule has 0 radical (unpaired) electrons. The molecule has 4 heterocycles. The maximum atomic E-state index is 13.1. The van der Waals surface area contributed by atoms with E-state index in [9.17, 15) is 9.59 Å². The number of fused-ring (bicyclic) bond motifs is 2. The van der Waals surface area contributed by atoms with E-state index in [0.717, 1.165) is 51.6 Å². The number of aromatic nitrogens is 1. The SMILES string of the molecule is CN1CCC(C(=O)N2[C@@H]3CC[C@H]2CC(NC(=O)c2c(Cl)cncc2Br)C3)CC1. The third kappa shape index (κ3) is 3.94. The van der Waals surface area contributed by atoms with Crippen LogP contribution in [0, 0.1) is 5.92 Å². The Morgan fingerprint density at radius 3 is 2.39 bits per heavy atom.